The number of rotatable bonds is 3. The van der Waals surface area contributed by atoms with Crippen molar-refractivity contribution in [2.45, 2.75) is 6.92 Å². The van der Waals surface area contributed by atoms with Crippen molar-refractivity contribution < 1.29 is 0 Å². The fraction of sp³-hybridized carbons (Fsp3) is 0.400. The van der Waals surface area contributed by atoms with Gasteiger partial charge in [0.25, 0.3) is 0 Å². The maximum Gasteiger partial charge on any atom is 0.0570 e. The summed E-state index contributed by atoms with van der Waals surface area (Å²) >= 11 is 0. The van der Waals surface area contributed by atoms with Crippen LogP contribution in [-0.4, -0.2) is 18.1 Å². The second-order valence-corrected chi connectivity index (χ2v) is 1.56. The van der Waals surface area contributed by atoms with Gasteiger partial charge in [-0.3, -0.25) is 0 Å². The first-order valence-corrected chi connectivity index (χ1v) is 2.32. The van der Waals surface area contributed by atoms with Crippen LogP contribution in [0, 0.1) is 22.1 Å². The highest BCUT2D eigenvalue weighted by atomic mass is 14.5. The minimum Gasteiger partial charge on any atom is -0.312 e. The molecule has 1 unspecified atom stereocenters. The van der Waals surface area contributed by atoms with Crippen LogP contribution in [-0.2, 0) is 0 Å². The molecular weight excluding hydrogens is 102 g/mol. The highest BCUT2D eigenvalue weighted by molar-refractivity contribution is 6.31. The summed E-state index contributed by atoms with van der Waals surface area (Å²) in [5.74, 6) is -0.201. The molecule has 0 aromatic carbocycles. The first kappa shape index (κ1) is 7.01. The van der Waals surface area contributed by atoms with Gasteiger partial charge < -0.3 is 16.2 Å². The zero-order valence-electron chi connectivity index (χ0n) is 4.73. The molecule has 44 valence electrons. The van der Waals surface area contributed by atoms with Gasteiger partial charge in [-0.25, -0.2) is 0 Å². The Labute approximate surface area is 48.3 Å². The lowest BCUT2D eigenvalue weighted by molar-refractivity contribution is 1.08. The van der Waals surface area contributed by atoms with Crippen LogP contribution in [0.4, 0.5) is 0 Å². The molecule has 0 aliphatic carbocycles. The summed E-state index contributed by atoms with van der Waals surface area (Å²) in [6, 6.07) is 0. The molecule has 1 atom stereocenters. The summed E-state index contributed by atoms with van der Waals surface area (Å²) in [6.07, 6.45) is 2.10. The number of hydrogen-bond acceptors (Lipinski definition) is 3. The second kappa shape index (κ2) is 3.07. The van der Waals surface area contributed by atoms with E-state index in [0.717, 1.165) is 12.4 Å². The van der Waals surface area contributed by atoms with E-state index in [2.05, 4.69) is 0 Å². The molecule has 3 heteroatoms. The van der Waals surface area contributed by atoms with E-state index in [-0.39, 0.29) is 11.6 Å². The van der Waals surface area contributed by atoms with Crippen molar-refractivity contribution in [3.63, 3.8) is 0 Å². The fourth-order valence-electron chi connectivity index (χ4n) is 0.221. The number of nitrogens with one attached hydrogen (secondary N) is 3. The first-order valence-electron chi connectivity index (χ1n) is 2.32. The predicted octanol–water partition coefficient (Wildman–Crippen LogP) is 0.941. The first-order chi connectivity index (χ1) is 3.72. The number of hydrogen-bond donors (Lipinski definition) is 3. The molecule has 0 heterocycles. The zero-order chi connectivity index (χ0) is 6.57. The highest BCUT2D eigenvalue weighted by Crippen LogP contribution is 1.87. The molecule has 0 fully saturated rings. The summed E-state index contributed by atoms with van der Waals surface area (Å²) < 4.78 is 0. The van der Waals surface area contributed by atoms with Crippen LogP contribution in [0.3, 0.4) is 0 Å². The van der Waals surface area contributed by atoms with Crippen LogP contribution >= 0.6 is 0 Å². The Balaban J connectivity index is 3.80. The van der Waals surface area contributed by atoms with Gasteiger partial charge in [0.05, 0.1) is 5.71 Å². The van der Waals surface area contributed by atoms with E-state index in [1.807, 2.05) is 0 Å². The van der Waals surface area contributed by atoms with E-state index in [9.17, 15) is 0 Å². The largest absolute Gasteiger partial charge is 0.312 e. The smallest absolute Gasteiger partial charge is 0.0570 e. The Morgan fingerprint density at radius 3 is 2.12 bits per heavy atom. The van der Waals surface area contributed by atoms with Crippen molar-refractivity contribution in [1.29, 1.82) is 16.2 Å². The van der Waals surface area contributed by atoms with Crippen molar-refractivity contribution >= 4 is 18.1 Å². The molecule has 0 radical (unpaired) electrons. The molecule has 0 rings (SSSR count). The van der Waals surface area contributed by atoms with Gasteiger partial charge in [0.1, 0.15) is 0 Å². The van der Waals surface area contributed by atoms with Crippen molar-refractivity contribution in [3.8, 4) is 0 Å². The third-order valence-electron chi connectivity index (χ3n) is 0.896. The van der Waals surface area contributed by atoms with Crippen molar-refractivity contribution in [3.05, 3.63) is 0 Å². The van der Waals surface area contributed by atoms with Gasteiger partial charge >= 0.3 is 0 Å². The fourth-order valence-corrected chi connectivity index (χ4v) is 0.221. The lowest BCUT2D eigenvalue weighted by Crippen LogP contribution is -2.10. The summed E-state index contributed by atoms with van der Waals surface area (Å²) in [5, 5.41) is 20.2. The molecule has 0 aliphatic heterocycles. The van der Waals surface area contributed by atoms with Gasteiger partial charge in [0.2, 0.25) is 0 Å². The van der Waals surface area contributed by atoms with Gasteiger partial charge in [-0.05, 0) is 0 Å². The highest BCUT2D eigenvalue weighted by Gasteiger charge is 1.98. The molecule has 8 heavy (non-hydrogen) atoms. The Hall–Kier alpha value is -0.990. The van der Waals surface area contributed by atoms with Gasteiger partial charge in [0.15, 0.2) is 0 Å². The lowest BCUT2D eigenvalue weighted by Gasteiger charge is -1.97. The summed E-state index contributed by atoms with van der Waals surface area (Å²) in [7, 11) is 0. The molecule has 0 bridgehead atoms. The van der Waals surface area contributed by atoms with E-state index in [1.165, 1.54) is 0 Å². The summed E-state index contributed by atoms with van der Waals surface area (Å²) in [4.78, 5) is 0. The van der Waals surface area contributed by atoms with E-state index < -0.39 is 0 Å². The summed E-state index contributed by atoms with van der Waals surface area (Å²) in [6.45, 7) is 1.71. The average molecular weight is 111 g/mol. The molecular formula is C5H9N3. The van der Waals surface area contributed by atoms with Crippen molar-refractivity contribution in [2.75, 3.05) is 0 Å². The van der Waals surface area contributed by atoms with Crippen LogP contribution < -0.4 is 0 Å². The van der Waals surface area contributed by atoms with E-state index in [0.29, 0.717) is 0 Å². The minimum absolute atomic E-state index is 0.181. The molecule has 0 aromatic heterocycles. The average Bonchev–Trinajstić information content (AvgIpc) is 1.84. The Bertz CT molecular complexity index is 117. The zero-order valence-corrected chi connectivity index (χ0v) is 4.73. The molecule has 0 amide bonds. The SMILES string of the molecule is CC(C=N)C(=N)C=N. The van der Waals surface area contributed by atoms with Crippen LogP contribution in [0.1, 0.15) is 6.92 Å². The van der Waals surface area contributed by atoms with Crippen LogP contribution in [0.15, 0.2) is 0 Å². The van der Waals surface area contributed by atoms with Crippen molar-refractivity contribution in [2.24, 2.45) is 5.92 Å². The van der Waals surface area contributed by atoms with Gasteiger partial charge in [-0.2, -0.15) is 0 Å². The van der Waals surface area contributed by atoms with Crippen LogP contribution in [0.2, 0.25) is 0 Å². The molecule has 3 nitrogen and oxygen atoms in total. The molecule has 0 aromatic rings. The molecule has 0 saturated carbocycles. The van der Waals surface area contributed by atoms with Gasteiger partial charge in [-0.15, -0.1) is 0 Å². The predicted molar refractivity (Wildman–Crippen MR) is 34.5 cm³/mol. The topological polar surface area (TPSA) is 71.6 Å². The standard InChI is InChI=1S/C5H9N3/c1-4(2-6)5(8)3-7/h2-4,6-8H,1H3. The third-order valence-corrected chi connectivity index (χ3v) is 0.896. The Morgan fingerprint density at radius 1 is 1.50 bits per heavy atom. The van der Waals surface area contributed by atoms with E-state index >= 15 is 0 Å². The normalized spacial score (nSPS) is 12.1. The lowest BCUT2D eigenvalue weighted by atomic mass is 10.1. The van der Waals surface area contributed by atoms with E-state index in [1.54, 1.807) is 6.92 Å². The van der Waals surface area contributed by atoms with Gasteiger partial charge in [0, 0.05) is 18.3 Å². The quantitative estimate of drug-likeness (QED) is 0.453. The van der Waals surface area contributed by atoms with Crippen LogP contribution in [0.25, 0.3) is 0 Å². The Kier molecular flexibility index (Phi) is 2.69. The molecule has 0 spiro atoms. The monoisotopic (exact) mass is 111 g/mol. The second-order valence-electron chi connectivity index (χ2n) is 1.56. The maximum absolute atomic E-state index is 6.95. The van der Waals surface area contributed by atoms with E-state index in [4.69, 9.17) is 16.2 Å². The molecule has 0 aliphatic rings. The van der Waals surface area contributed by atoms with Gasteiger partial charge in [-0.1, -0.05) is 6.92 Å². The van der Waals surface area contributed by atoms with Crippen molar-refractivity contribution in [1.82, 2.24) is 0 Å². The third kappa shape index (κ3) is 1.64. The molecule has 0 saturated heterocycles. The van der Waals surface area contributed by atoms with Crippen LogP contribution in [0.5, 0.6) is 0 Å². The maximum atomic E-state index is 6.95. The summed E-state index contributed by atoms with van der Waals surface area (Å²) in [5.41, 5.74) is 0.181. The Morgan fingerprint density at radius 2 is 2.00 bits per heavy atom. The minimum atomic E-state index is -0.201. The molecule has 3 N–H and O–H groups in total.